The lowest BCUT2D eigenvalue weighted by molar-refractivity contribution is -0.647. The highest BCUT2D eigenvalue weighted by atomic mass is 19.4. The second kappa shape index (κ2) is 7.40. The maximum absolute atomic E-state index is 13.3. The lowest BCUT2D eigenvalue weighted by atomic mass is 10.1. The van der Waals surface area contributed by atoms with Crippen LogP contribution in [-0.4, -0.2) is 43.2 Å². The number of fused-ring (bicyclic) bond motifs is 1. The van der Waals surface area contributed by atoms with E-state index in [4.69, 9.17) is 0 Å². The Morgan fingerprint density at radius 1 is 1.32 bits per heavy atom. The maximum atomic E-state index is 13.3. The normalized spacial score (nSPS) is 17.9. The van der Waals surface area contributed by atoms with E-state index >= 15 is 0 Å². The quantitative estimate of drug-likeness (QED) is 0.440. The number of aliphatic hydroxyl groups is 1. The van der Waals surface area contributed by atoms with Gasteiger partial charge in [-0.25, -0.2) is 0 Å². The lowest BCUT2D eigenvalue weighted by Gasteiger charge is -2.37. The second-order valence-corrected chi connectivity index (χ2v) is 6.58. The van der Waals surface area contributed by atoms with Gasteiger partial charge in [0.25, 0.3) is 11.0 Å². The van der Waals surface area contributed by atoms with Crippen LogP contribution in [0.3, 0.4) is 0 Å². The summed E-state index contributed by atoms with van der Waals surface area (Å²) in [6, 6.07) is 3.82. The third-order valence-electron chi connectivity index (χ3n) is 4.77. The summed E-state index contributed by atoms with van der Waals surface area (Å²) < 4.78 is 39.4. The van der Waals surface area contributed by atoms with Gasteiger partial charge in [-0.05, 0) is 12.5 Å². The molecule has 1 aromatic carbocycles. The van der Waals surface area contributed by atoms with Crippen LogP contribution in [0.25, 0.3) is 11.0 Å². The molecular weight excluding hydrogens is 381 g/mol. The van der Waals surface area contributed by atoms with E-state index in [9.17, 15) is 33.5 Å². The molecule has 0 spiro atoms. The highest BCUT2D eigenvalue weighted by Crippen LogP contribution is 2.30. The van der Waals surface area contributed by atoms with Crippen molar-refractivity contribution in [3.05, 3.63) is 40.0 Å². The number of hydrogen-bond acceptors (Lipinski definition) is 6. The number of alkyl halides is 3. The molecule has 1 aliphatic heterocycles. The van der Waals surface area contributed by atoms with Gasteiger partial charge in [-0.3, -0.25) is 4.79 Å². The van der Waals surface area contributed by atoms with E-state index in [2.05, 4.69) is 5.32 Å². The molecule has 1 saturated heterocycles. The van der Waals surface area contributed by atoms with Crippen molar-refractivity contribution in [2.45, 2.75) is 25.6 Å². The smallest absolute Gasteiger partial charge is 0.486 e. The monoisotopic (exact) mass is 400 g/mol. The standard InChI is InChI=1S/C17H19F3N4O4/c1-10(26)15-16(17(18,19)20)24(28)13-3-2-11(8-14(13)23(15)27)22-6-5-21-9-12(22)4-7-25/h2-3,8,12,21,25H,4-7,9H2,1H3. The van der Waals surface area contributed by atoms with Crippen LogP contribution in [0, 0.1) is 10.4 Å². The van der Waals surface area contributed by atoms with Crippen LogP contribution in [0.4, 0.5) is 18.9 Å². The van der Waals surface area contributed by atoms with Crippen molar-refractivity contribution in [2.75, 3.05) is 31.1 Å². The molecule has 8 nitrogen and oxygen atoms in total. The van der Waals surface area contributed by atoms with Gasteiger partial charge in [-0.1, -0.05) is 0 Å². The van der Waals surface area contributed by atoms with Crippen LogP contribution < -0.4 is 19.7 Å². The number of aliphatic hydroxyl groups excluding tert-OH is 1. The first-order valence-corrected chi connectivity index (χ1v) is 8.66. The van der Waals surface area contributed by atoms with E-state index in [-0.39, 0.29) is 22.9 Å². The second-order valence-electron chi connectivity index (χ2n) is 6.58. The molecule has 2 heterocycles. The predicted molar refractivity (Wildman–Crippen MR) is 92.6 cm³/mol. The molecule has 11 heteroatoms. The van der Waals surface area contributed by atoms with Gasteiger partial charge in [0.2, 0.25) is 5.78 Å². The van der Waals surface area contributed by atoms with Crippen molar-refractivity contribution in [2.24, 2.45) is 0 Å². The van der Waals surface area contributed by atoms with Gasteiger partial charge in [0.05, 0.1) is 0 Å². The molecule has 1 unspecified atom stereocenters. The molecule has 0 saturated carbocycles. The number of rotatable bonds is 4. The molecule has 0 aliphatic carbocycles. The number of piperazine rings is 1. The third kappa shape index (κ3) is 3.42. The number of ketones is 1. The van der Waals surface area contributed by atoms with Crippen molar-refractivity contribution in [3.8, 4) is 0 Å². The number of Topliss-reactive ketones (excluding diaryl/α,β-unsaturated/α-hetero) is 1. The molecule has 1 fully saturated rings. The first-order valence-electron chi connectivity index (χ1n) is 8.66. The zero-order chi connectivity index (χ0) is 20.6. The summed E-state index contributed by atoms with van der Waals surface area (Å²) in [6.07, 6.45) is -4.71. The SMILES string of the molecule is CC(=O)c1c(C(F)(F)F)[n+]([O-])c2ccc(N3CCNCC3CCO)cc2[n+]1[O-]. The van der Waals surface area contributed by atoms with E-state index in [1.165, 1.54) is 12.1 Å². The van der Waals surface area contributed by atoms with E-state index in [1.54, 1.807) is 0 Å². The summed E-state index contributed by atoms with van der Waals surface area (Å²) in [4.78, 5) is 13.6. The van der Waals surface area contributed by atoms with Crippen LogP contribution >= 0.6 is 0 Å². The summed E-state index contributed by atoms with van der Waals surface area (Å²) in [6.45, 7) is 2.53. The number of anilines is 1. The van der Waals surface area contributed by atoms with Crippen LogP contribution in [0.15, 0.2) is 18.2 Å². The van der Waals surface area contributed by atoms with Crippen molar-refractivity contribution < 1.29 is 32.5 Å². The summed E-state index contributed by atoms with van der Waals surface area (Å²) in [5.41, 5.74) is -3.35. The molecule has 2 N–H and O–H groups in total. The van der Waals surface area contributed by atoms with Gasteiger partial charge in [0, 0.05) is 57.0 Å². The number of aromatic nitrogens is 2. The van der Waals surface area contributed by atoms with Crippen LogP contribution in [-0.2, 0) is 6.18 Å². The van der Waals surface area contributed by atoms with Crippen molar-refractivity contribution in [1.29, 1.82) is 0 Å². The topological polar surface area (TPSA) is 106 Å². The minimum atomic E-state index is -5.16. The van der Waals surface area contributed by atoms with Crippen molar-refractivity contribution in [3.63, 3.8) is 0 Å². The fourth-order valence-electron chi connectivity index (χ4n) is 3.53. The molecule has 1 atom stereocenters. The number of benzene rings is 1. The Morgan fingerprint density at radius 2 is 2.04 bits per heavy atom. The Labute approximate surface area is 158 Å². The maximum Gasteiger partial charge on any atom is 0.486 e. The van der Waals surface area contributed by atoms with E-state index in [1.807, 2.05) is 4.90 Å². The van der Waals surface area contributed by atoms with Gasteiger partial charge in [0.15, 0.2) is 0 Å². The lowest BCUT2D eigenvalue weighted by Crippen LogP contribution is -2.52. The third-order valence-corrected chi connectivity index (χ3v) is 4.77. The van der Waals surface area contributed by atoms with Crippen LogP contribution in [0.1, 0.15) is 29.5 Å². The van der Waals surface area contributed by atoms with Crippen molar-refractivity contribution >= 4 is 22.5 Å². The van der Waals surface area contributed by atoms with E-state index < -0.39 is 33.6 Å². The first kappa shape index (κ1) is 20.1. The predicted octanol–water partition coefficient (Wildman–Crippen LogP) is 0.489. The Bertz CT molecular complexity index is 918. The molecule has 3 rings (SSSR count). The van der Waals surface area contributed by atoms with Gasteiger partial charge in [-0.15, -0.1) is 4.73 Å². The Kier molecular flexibility index (Phi) is 5.31. The fraction of sp³-hybridized carbons (Fsp3) is 0.471. The molecule has 1 aromatic heterocycles. The molecule has 0 amide bonds. The average Bonchev–Trinajstić information content (AvgIpc) is 2.63. The van der Waals surface area contributed by atoms with Crippen LogP contribution in [0.5, 0.6) is 0 Å². The molecule has 28 heavy (non-hydrogen) atoms. The molecule has 1 aliphatic rings. The summed E-state index contributed by atoms with van der Waals surface area (Å²) >= 11 is 0. The first-order chi connectivity index (χ1) is 13.2. The number of carbonyl (C=O) groups excluding carboxylic acids is 1. The molecule has 152 valence electrons. The van der Waals surface area contributed by atoms with Gasteiger partial charge in [0.1, 0.15) is 0 Å². The van der Waals surface area contributed by atoms with Gasteiger partial charge in [-0.2, -0.15) is 17.9 Å². The number of hydrogen-bond donors (Lipinski definition) is 2. The molecule has 0 bridgehead atoms. The number of nitrogens with zero attached hydrogens (tertiary/aromatic N) is 3. The summed E-state index contributed by atoms with van der Waals surface area (Å²) in [5, 5.41) is 37.4. The Hall–Kier alpha value is -2.66. The average molecular weight is 400 g/mol. The fourth-order valence-corrected chi connectivity index (χ4v) is 3.53. The number of carbonyl (C=O) groups is 1. The zero-order valence-corrected chi connectivity index (χ0v) is 15.0. The van der Waals surface area contributed by atoms with Crippen LogP contribution in [0.2, 0.25) is 0 Å². The van der Waals surface area contributed by atoms with Crippen molar-refractivity contribution in [1.82, 2.24) is 5.32 Å². The summed E-state index contributed by atoms with van der Waals surface area (Å²) in [5.74, 6) is -1.15. The van der Waals surface area contributed by atoms with Gasteiger partial charge >= 0.3 is 17.6 Å². The number of nitrogens with one attached hydrogen (secondary N) is 1. The van der Waals surface area contributed by atoms with E-state index in [0.29, 0.717) is 31.7 Å². The summed E-state index contributed by atoms with van der Waals surface area (Å²) in [7, 11) is 0. The highest BCUT2D eigenvalue weighted by molar-refractivity contribution is 5.92. The number of halogens is 3. The highest BCUT2D eigenvalue weighted by Gasteiger charge is 2.50. The zero-order valence-electron chi connectivity index (χ0n) is 15.0. The molecule has 0 radical (unpaired) electrons. The minimum Gasteiger partial charge on any atom is -0.618 e. The van der Waals surface area contributed by atoms with Gasteiger partial charge < -0.3 is 25.7 Å². The molecular formula is C17H19F3N4O4. The molecule has 2 aromatic rings. The largest absolute Gasteiger partial charge is 0.618 e. The Morgan fingerprint density at radius 3 is 2.64 bits per heavy atom. The van der Waals surface area contributed by atoms with E-state index in [0.717, 1.165) is 13.0 Å². The minimum absolute atomic E-state index is 0.0536. The Balaban J connectivity index is 2.22.